The van der Waals surface area contributed by atoms with Gasteiger partial charge in [0, 0.05) is 24.5 Å². The van der Waals surface area contributed by atoms with Crippen LogP contribution in [0.3, 0.4) is 0 Å². The van der Waals surface area contributed by atoms with Gasteiger partial charge in [-0.25, -0.2) is 4.79 Å². The van der Waals surface area contributed by atoms with Crippen LogP contribution in [0, 0.1) is 0 Å². The van der Waals surface area contributed by atoms with Gasteiger partial charge in [-0.05, 0) is 38.0 Å². The number of ether oxygens (including phenoxy) is 2. The van der Waals surface area contributed by atoms with Gasteiger partial charge in [0.15, 0.2) is 0 Å². The fourth-order valence-electron chi connectivity index (χ4n) is 2.47. The van der Waals surface area contributed by atoms with E-state index in [0.717, 1.165) is 23.7 Å². The molecule has 0 saturated heterocycles. The Morgan fingerprint density at radius 1 is 1.33 bits per heavy atom. The number of benzene rings is 1. The zero-order valence-electron chi connectivity index (χ0n) is 12.1. The highest BCUT2D eigenvalue weighted by atomic mass is 16.5. The van der Waals surface area contributed by atoms with Gasteiger partial charge in [-0.2, -0.15) is 0 Å². The Labute approximate surface area is 122 Å². The second kappa shape index (κ2) is 5.24. The lowest BCUT2D eigenvalue weighted by molar-refractivity contribution is -0.131. The summed E-state index contributed by atoms with van der Waals surface area (Å²) in [5.41, 5.74) is 1.31. The first-order valence-electron chi connectivity index (χ1n) is 7.10. The van der Waals surface area contributed by atoms with Crippen molar-refractivity contribution in [2.45, 2.75) is 32.7 Å². The number of rotatable bonds is 4. The summed E-state index contributed by atoms with van der Waals surface area (Å²) < 4.78 is 12.4. The maximum absolute atomic E-state index is 12.0. The van der Waals surface area contributed by atoms with E-state index >= 15 is 0 Å². The Balaban J connectivity index is 2.13. The van der Waals surface area contributed by atoms with E-state index in [2.05, 4.69) is 4.57 Å². The summed E-state index contributed by atoms with van der Waals surface area (Å²) in [6.07, 6.45) is 4.25. The molecule has 0 N–H and O–H groups in total. The summed E-state index contributed by atoms with van der Waals surface area (Å²) in [5.74, 6) is -0.407. The van der Waals surface area contributed by atoms with Crippen LogP contribution in [0.2, 0.25) is 0 Å². The van der Waals surface area contributed by atoms with Gasteiger partial charge in [-0.3, -0.25) is 4.79 Å². The van der Waals surface area contributed by atoms with Crippen molar-refractivity contribution in [3.05, 3.63) is 30.0 Å². The molecule has 1 aliphatic carbocycles. The molecule has 5 heteroatoms. The zero-order chi connectivity index (χ0) is 15.0. The lowest BCUT2D eigenvalue weighted by atomic mass is 10.1. The number of carbonyl (C=O) groups excluding carboxylic acids is 2. The predicted octanol–water partition coefficient (Wildman–Crippen LogP) is 3.08. The fraction of sp³-hybridized carbons (Fsp3) is 0.375. The van der Waals surface area contributed by atoms with Crippen LogP contribution in [0.25, 0.3) is 10.9 Å². The van der Waals surface area contributed by atoms with Crippen molar-refractivity contribution < 1.29 is 19.1 Å². The number of hydrogen-bond donors (Lipinski definition) is 0. The van der Waals surface area contributed by atoms with Gasteiger partial charge in [0.1, 0.15) is 5.75 Å². The van der Waals surface area contributed by atoms with Crippen LogP contribution >= 0.6 is 0 Å². The molecule has 1 saturated carbocycles. The maximum Gasteiger partial charge on any atom is 0.338 e. The maximum atomic E-state index is 12.0. The highest BCUT2D eigenvalue weighted by Gasteiger charge is 2.26. The highest BCUT2D eigenvalue weighted by molar-refractivity contribution is 5.98. The summed E-state index contributed by atoms with van der Waals surface area (Å²) in [6, 6.07) is 5.77. The molecule has 21 heavy (non-hydrogen) atoms. The number of fused-ring (bicyclic) bond motifs is 1. The smallest absolute Gasteiger partial charge is 0.338 e. The zero-order valence-corrected chi connectivity index (χ0v) is 12.1. The molecule has 1 aromatic heterocycles. The summed E-state index contributed by atoms with van der Waals surface area (Å²) >= 11 is 0. The van der Waals surface area contributed by atoms with Gasteiger partial charge in [-0.1, -0.05) is 0 Å². The van der Waals surface area contributed by atoms with E-state index in [1.54, 1.807) is 19.1 Å². The van der Waals surface area contributed by atoms with Crippen molar-refractivity contribution >= 4 is 22.8 Å². The van der Waals surface area contributed by atoms with Crippen molar-refractivity contribution in [1.82, 2.24) is 4.57 Å². The minimum Gasteiger partial charge on any atom is -0.462 e. The second-order valence-electron chi connectivity index (χ2n) is 5.18. The minimum atomic E-state index is -0.406. The first-order valence-corrected chi connectivity index (χ1v) is 7.10. The number of esters is 2. The molecule has 0 bridgehead atoms. The van der Waals surface area contributed by atoms with Crippen molar-refractivity contribution in [2.75, 3.05) is 6.61 Å². The standard InChI is InChI=1S/C16H17NO4/c1-3-20-16(19)11-8-14-13(15(9-11)21-10(2)18)6-7-17(14)12-4-5-12/h6-9,12H,3-5H2,1-2H3. The van der Waals surface area contributed by atoms with Crippen molar-refractivity contribution in [2.24, 2.45) is 0 Å². The van der Waals surface area contributed by atoms with Gasteiger partial charge >= 0.3 is 11.9 Å². The molecule has 1 aliphatic rings. The molecule has 110 valence electrons. The molecule has 0 amide bonds. The van der Waals surface area contributed by atoms with Gasteiger partial charge in [0.05, 0.1) is 17.7 Å². The van der Waals surface area contributed by atoms with Crippen LogP contribution < -0.4 is 4.74 Å². The third kappa shape index (κ3) is 2.63. The first kappa shape index (κ1) is 13.7. The van der Waals surface area contributed by atoms with E-state index < -0.39 is 11.9 Å². The Hall–Kier alpha value is -2.30. The molecule has 0 atom stereocenters. The molecule has 1 aromatic carbocycles. The number of aromatic nitrogens is 1. The summed E-state index contributed by atoms with van der Waals surface area (Å²) in [6.45, 7) is 3.42. The van der Waals surface area contributed by atoms with Gasteiger partial charge in [-0.15, -0.1) is 0 Å². The number of hydrogen-bond acceptors (Lipinski definition) is 4. The Bertz CT molecular complexity index is 712. The third-order valence-electron chi connectivity index (χ3n) is 3.51. The van der Waals surface area contributed by atoms with E-state index in [4.69, 9.17) is 9.47 Å². The van der Waals surface area contributed by atoms with Crippen LogP contribution in [0.1, 0.15) is 43.1 Å². The average Bonchev–Trinajstić information content (AvgIpc) is 3.18. The van der Waals surface area contributed by atoms with Crippen molar-refractivity contribution in [3.8, 4) is 5.75 Å². The molecule has 2 aromatic rings. The van der Waals surface area contributed by atoms with Crippen LogP contribution in [-0.2, 0) is 9.53 Å². The number of nitrogens with zero attached hydrogens (tertiary/aromatic N) is 1. The predicted molar refractivity (Wildman–Crippen MR) is 77.5 cm³/mol. The Kier molecular flexibility index (Phi) is 3.41. The van der Waals surface area contributed by atoms with Crippen molar-refractivity contribution in [1.29, 1.82) is 0 Å². The molecule has 0 spiro atoms. The Morgan fingerprint density at radius 3 is 2.71 bits per heavy atom. The van der Waals surface area contributed by atoms with E-state index in [-0.39, 0.29) is 0 Å². The molecular formula is C16H17NO4. The molecular weight excluding hydrogens is 270 g/mol. The van der Waals surface area contributed by atoms with Gasteiger partial charge in [0.2, 0.25) is 0 Å². The third-order valence-corrected chi connectivity index (χ3v) is 3.51. The highest BCUT2D eigenvalue weighted by Crippen LogP contribution is 2.40. The SMILES string of the molecule is CCOC(=O)c1cc(OC(C)=O)c2ccn(C3CC3)c2c1. The van der Waals surface area contributed by atoms with Crippen LogP contribution in [0.4, 0.5) is 0 Å². The summed E-state index contributed by atoms with van der Waals surface area (Å²) in [7, 11) is 0. The largest absolute Gasteiger partial charge is 0.462 e. The topological polar surface area (TPSA) is 57.5 Å². The molecule has 0 aliphatic heterocycles. The fourth-order valence-corrected chi connectivity index (χ4v) is 2.47. The van der Waals surface area contributed by atoms with Gasteiger partial charge in [0.25, 0.3) is 0 Å². The molecule has 3 rings (SSSR count). The van der Waals surface area contributed by atoms with Crippen molar-refractivity contribution in [3.63, 3.8) is 0 Å². The summed E-state index contributed by atoms with van der Waals surface area (Å²) in [4.78, 5) is 23.2. The van der Waals surface area contributed by atoms with E-state index in [1.165, 1.54) is 6.92 Å². The minimum absolute atomic E-state index is 0.309. The van der Waals surface area contributed by atoms with E-state index in [0.29, 0.717) is 24.0 Å². The monoisotopic (exact) mass is 287 g/mol. The number of carbonyl (C=O) groups is 2. The molecule has 1 heterocycles. The molecule has 0 unspecified atom stereocenters. The van der Waals surface area contributed by atoms with Gasteiger partial charge < -0.3 is 14.0 Å². The average molecular weight is 287 g/mol. The Morgan fingerprint density at radius 2 is 2.10 bits per heavy atom. The molecule has 5 nitrogen and oxygen atoms in total. The first-order chi connectivity index (χ1) is 10.1. The molecule has 1 fully saturated rings. The normalized spacial score (nSPS) is 14.2. The summed E-state index contributed by atoms with van der Waals surface area (Å²) in [5, 5.41) is 0.838. The van der Waals surface area contributed by atoms with Crippen LogP contribution in [-0.4, -0.2) is 23.1 Å². The lowest BCUT2D eigenvalue weighted by Gasteiger charge is -2.09. The van der Waals surface area contributed by atoms with Crippen LogP contribution in [0.15, 0.2) is 24.4 Å². The molecule has 0 radical (unpaired) electrons. The van der Waals surface area contributed by atoms with E-state index in [9.17, 15) is 9.59 Å². The van der Waals surface area contributed by atoms with E-state index in [1.807, 2.05) is 12.3 Å². The lowest BCUT2D eigenvalue weighted by Crippen LogP contribution is -2.07. The second-order valence-corrected chi connectivity index (χ2v) is 5.18. The quantitative estimate of drug-likeness (QED) is 0.640. The van der Waals surface area contributed by atoms with Crippen LogP contribution in [0.5, 0.6) is 5.75 Å².